The van der Waals surface area contributed by atoms with Gasteiger partial charge in [0.1, 0.15) is 0 Å². The van der Waals surface area contributed by atoms with Gasteiger partial charge in [0, 0.05) is 31.6 Å². The fourth-order valence-corrected chi connectivity index (χ4v) is 2.53. The lowest BCUT2D eigenvalue weighted by atomic mass is 9.93. The SMILES string of the molecule is NCc1c2c(nn1C1CCC1)CCNC2. The molecule has 0 bridgehead atoms. The molecule has 0 amide bonds. The van der Waals surface area contributed by atoms with Gasteiger partial charge in [0.15, 0.2) is 0 Å². The quantitative estimate of drug-likeness (QED) is 0.749. The highest BCUT2D eigenvalue weighted by Gasteiger charge is 2.26. The van der Waals surface area contributed by atoms with Crippen molar-refractivity contribution in [3.05, 3.63) is 17.0 Å². The highest BCUT2D eigenvalue weighted by Crippen LogP contribution is 2.33. The van der Waals surface area contributed by atoms with Crippen LogP contribution in [-0.2, 0) is 19.5 Å². The van der Waals surface area contributed by atoms with E-state index >= 15 is 0 Å². The monoisotopic (exact) mass is 206 g/mol. The number of aromatic nitrogens is 2. The molecule has 4 heteroatoms. The Morgan fingerprint density at radius 1 is 1.47 bits per heavy atom. The first-order chi connectivity index (χ1) is 7.40. The third-order valence-electron chi connectivity index (χ3n) is 3.66. The van der Waals surface area contributed by atoms with Gasteiger partial charge in [-0.15, -0.1) is 0 Å². The molecule has 3 rings (SSSR count). The van der Waals surface area contributed by atoms with E-state index in [2.05, 4.69) is 10.00 Å². The van der Waals surface area contributed by atoms with Crippen molar-refractivity contribution in [3.63, 3.8) is 0 Å². The molecule has 0 unspecified atom stereocenters. The Labute approximate surface area is 89.8 Å². The standard InChI is InChI=1S/C11H18N4/c12-6-11-9-7-13-5-4-10(9)14-15(11)8-2-1-3-8/h8,13H,1-7,12H2. The molecule has 1 aliphatic heterocycles. The summed E-state index contributed by atoms with van der Waals surface area (Å²) in [5.74, 6) is 0. The molecule has 1 fully saturated rings. The number of nitrogens with zero attached hydrogens (tertiary/aromatic N) is 2. The third kappa shape index (κ3) is 1.40. The van der Waals surface area contributed by atoms with Crippen molar-refractivity contribution in [2.75, 3.05) is 6.54 Å². The molecule has 1 saturated carbocycles. The van der Waals surface area contributed by atoms with Crippen molar-refractivity contribution in [2.45, 2.75) is 44.8 Å². The largest absolute Gasteiger partial charge is 0.325 e. The molecular formula is C11H18N4. The molecule has 1 aromatic rings. The van der Waals surface area contributed by atoms with Crippen molar-refractivity contribution in [2.24, 2.45) is 5.73 Å². The van der Waals surface area contributed by atoms with Crippen LogP contribution in [0.4, 0.5) is 0 Å². The van der Waals surface area contributed by atoms with Crippen molar-refractivity contribution in [3.8, 4) is 0 Å². The molecule has 2 aliphatic rings. The zero-order valence-electron chi connectivity index (χ0n) is 9.00. The molecule has 1 aliphatic carbocycles. The maximum absolute atomic E-state index is 5.85. The van der Waals surface area contributed by atoms with Gasteiger partial charge in [-0.1, -0.05) is 0 Å². The van der Waals surface area contributed by atoms with Gasteiger partial charge in [-0.2, -0.15) is 5.10 Å². The van der Waals surface area contributed by atoms with E-state index in [1.165, 1.54) is 36.2 Å². The molecular weight excluding hydrogens is 188 g/mol. The van der Waals surface area contributed by atoms with Gasteiger partial charge in [0.2, 0.25) is 0 Å². The Morgan fingerprint density at radius 3 is 3.00 bits per heavy atom. The van der Waals surface area contributed by atoms with Crippen LogP contribution < -0.4 is 11.1 Å². The predicted molar refractivity (Wildman–Crippen MR) is 58.4 cm³/mol. The average Bonchev–Trinajstić information content (AvgIpc) is 2.53. The van der Waals surface area contributed by atoms with E-state index in [-0.39, 0.29) is 0 Å². The Kier molecular flexibility index (Phi) is 2.25. The number of fused-ring (bicyclic) bond motifs is 1. The summed E-state index contributed by atoms with van der Waals surface area (Å²) < 4.78 is 2.21. The van der Waals surface area contributed by atoms with Gasteiger partial charge in [0.05, 0.1) is 17.4 Å². The number of nitrogens with one attached hydrogen (secondary N) is 1. The fourth-order valence-electron chi connectivity index (χ4n) is 2.53. The Morgan fingerprint density at radius 2 is 2.33 bits per heavy atom. The molecule has 0 radical (unpaired) electrons. The normalized spacial score (nSPS) is 21.1. The van der Waals surface area contributed by atoms with Gasteiger partial charge in [-0.05, 0) is 19.3 Å². The van der Waals surface area contributed by atoms with Gasteiger partial charge in [-0.3, -0.25) is 4.68 Å². The predicted octanol–water partition coefficient (Wildman–Crippen LogP) is 0.712. The van der Waals surface area contributed by atoms with Crippen LogP contribution in [0.3, 0.4) is 0 Å². The molecule has 82 valence electrons. The number of hydrogen-bond donors (Lipinski definition) is 2. The number of nitrogens with two attached hydrogens (primary N) is 1. The molecule has 0 saturated heterocycles. The van der Waals surface area contributed by atoms with Crippen molar-refractivity contribution in [1.82, 2.24) is 15.1 Å². The molecule has 15 heavy (non-hydrogen) atoms. The first-order valence-corrected chi connectivity index (χ1v) is 5.90. The van der Waals surface area contributed by atoms with Crippen molar-refractivity contribution >= 4 is 0 Å². The molecule has 4 nitrogen and oxygen atoms in total. The summed E-state index contributed by atoms with van der Waals surface area (Å²) in [6, 6.07) is 0.633. The van der Waals surface area contributed by atoms with Gasteiger partial charge < -0.3 is 11.1 Å². The Hall–Kier alpha value is -0.870. The molecule has 2 heterocycles. The average molecular weight is 206 g/mol. The Bertz CT molecular complexity index is 365. The lowest BCUT2D eigenvalue weighted by molar-refractivity contribution is 0.281. The van der Waals surface area contributed by atoms with E-state index in [1.54, 1.807) is 0 Å². The van der Waals surface area contributed by atoms with E-state index in [0.717, 1.165) is 19.5 Å². The molecule has 1 aromatic heterocycles. The van der Waals surface area contributed by atoms with Crippen molar-refractivity contribution in [1.29, 1.82) is 0 Å². The Balaban J connectivity index is 2.01. The van der Waals surface area contributed by atoms with Crippen LogP contribution in [0.15, 0.2) is 0 Å². The van der Waals surface area contributed by atoms with Crippen LogP contribution in [0, 0.1) is 0 Å². The van der Waals surface area contributed by atoms with Gasteiger partial charge >= 0.3 is 0 Å². The van der Waals surface area contributed by atoms with Gasteiger partial charge in [0.25, 0.3) is 0 Å². The third-order valence-corrected chi connectivity index (χ3v) is 3.66. The zero-order chi connectivity index (χ0) is 10.3. The molecule has 3 N–H and O–H groups in total. The maximum Gasteiger partial charge on any atom is 0.0685 e. The highest BCUT2D eigenvalue weighted by molar-refractivity contribution is 5.29. The zero-order valence-corrected chi connectivity index (χ0v) is 9.00. The van der Waals surface area contributed by atoms with Crippen LogP contribution in [0.2, 0.25) is 0 Å². The van der Waals surface area contributed by atoms with Crippen molar-refractivity contribution < 1.29 is 0 Å². The molecule has 0 atom stereocenters. The minimum absolute atomic E-state index is 0.626. The smallest absolute Gasteiger partial charge is 0.0685 e. The van der Waals surface area contributed by atoms with E-state index in [4.69, 9.17) is 10.8 Å². The minimum Gasteiger partial charge on any atom is -0.325 e. The minimum atomic E-state index is 0.626. The first-order valence-electron chi connectivity index (χ1n) is 5.90. The lowest BCUT2D eigenvalue weighted by Gasteiger charge is -2.27. The van der Waals surface area contributed by atoms with Crippen LogP contribution in [0.1, 0.15) is 42.3 Å². The van der Waals surface area contributed by atoms with Gasteiger partial charge in [-0.25, -0.2) is 0 Å². The van der Waals surface area contributed by atoms with Crippen LogP contribution in [0.5, 0.6) is 0 Å². The number of hydrogen-bond acceptors (Lipinski definition) is 3. The highest BCUT2D eigenvalue weighted by atomic mass is 15.3. The van der Waals surface area contributed by atoms with E-state index < -0.39 is 0 Å². The second-order valence-electron chi connectivity index (χ2n) is 4.53. The topological polar surface area (TPSA) is 55.9 Å². The summed E-state index contributed by atoms with van der Waals surface area (Å²) in [6.07, 6.45) is 4.96. The summed E-state index contributed by atoms with van der Waals surface area (Å²) in [4.78, 5) is 0. The van der Waals surface area contributed by atoms with Crippen LogP contribution in [-0.4, -0.2) is 16.3 Å². The number of rotatable bonds is 2. The van der Waals surface area contributed by atoms with E-state index in [1.807, 2.05) is 0 Å². The molecule has 0 spiro atoms. The fraction of sp³-hybridized carbons (Fsp3) is 0.727. The lowest BCUT2D eigenvalue weighted by Crippen LogP contribution is -2.24. The van der Waals surface area contributed by atoms with Crippen LogP contribution in [0.25, 0.3) is 0 Å². The second kappa shape index (κ2) is 3.61. The molecule has 0 aromatic carbocycles. The second-order valence-corrected chi connectivity index (χ2v) is 4.53. The van der Waals surface area contributed by atoms with E-state index in [0.29, 0.717) is 12.6 Å². The van der Waals surface area contributed by atoms with E-state index in [9.17, 15) is 0 Å². The first kappa shape index (κ1) is 9.36. The van der Waals surface area contributed by atoms with Crippen LogP contribution >= 0.6 is 0 Å². The summed E-state index contributed by atoms with van der Waals surface area (Å²) in [6.45, 7) is 2.63. The summed E-state index contributed by atoms with van der Waals surface area (Å²) in [7, 11) is 0. The summed E-state index contributed by atoms with van der Waals surface area (Å²) in [5, 5.41) is 8.14. The summed E-state index contributed by atoms with van der Waals surface area (Å²) in [5.41, 5.74) is 9.76. The maximum atomic E-state index is 5.85. The summed E-state index contributed by atoms with van der Waals surface area (Å²) >= 11 is 0.